The molecule has 0 fully saturated rings. The predicted molar refractivity (Wildman–Crippen MR) is 75.9 cm³/mol. The van der Waals surface area contributed by atoms with Crippen LogP contribution in [0.3, 0.4) is 0 Å². The van der Waals surface area contributed by atoms with Crippen LogP contribution in [-0.4, -0.2) is 10.9 Å². The first-order valence-electron chi connectivity index (χ1n) is 6.24. The minimum absolute atomic E-state index is 0.104. The number of hydrogen-bond acceptors (Lipinski definition) is 4. The molecule has 0 radical (unpaired) electrons. The molecule has 5 heteroatoms. The summed E-state index contributed by atoms with van der Waals surface area (Å²) in [4.78, 5) is 0. The highest BCUT2D eigenvalue weighted by Gasteiger charge is 2.05. The molecule has 21 heavy (non-hydrogen) atoms. The van der Waals surface area contributed by atoms with E-state index in [0.717, 1.165) is 5.56 Å². The Hall–Kier alpha value is -2.87. The average Bonchev–Trinajstić information content (AvgIpc) is 2.52. The number of benzene rings is 2. The molecule has 0 aliphatic carbocycles. The summed E-state index contributed by atoms with van der Waals surface area (Å²) in [7, 11) is 0. The fourth-order valence-corrected chi connectivity index (χ4v) is 1.80. The Morgan fingerprint density at radius 2 is 2.00 bits per heavy atom. The lowest BCUT2D eigenvalue weighted by atomic mass is 10.1. The van der Waals surface area contributed by atoms with Gasteiger partial charge in [0.25, 0.3) is 0 Å². The van der Waals surface area contributed by atoms with Crippen molar-refractivity contribution in [2.75, 3.05) is 0 Å². The van der Waals surface area contributed by atoms with Gasteiger partial charge in [0.2, 0.25) is 0 Å². The predicted octanol–water partition coefficient (Wildman–Crippen LogP) is 3.47. The largest absolute Gasteiger partial charge is 0.489 e. The van der Waals surface area contributed by atoms with E-state index < -0.39 is 5.82 Å². The zero-order valence-corrected chi connectivity index (χ0v) is 11.4. The third kappa shape index (κ3) is 3.57. The molecule has 0 bridgehead atoms. The topological polar surface area (TPSA) is 65.6 Å². The van der Waals surface area contributed by atoms with E-state index in [-0.39, 0.29) is 6.61 Å². The normalized spacial score (nSPS) is 11.0. The second kappa shape index (κ2) is 6.53. The second-order valence-corrected chi connectivity index (χ2v) is 4.41. The number of ether oxygens (including phenoxy) is 1. The molecule has 0 heterocycles. The lowest BCUT2D eigenvalue weighted by Crippen LogP contribution is -2.00. The Bertz CT molecular complexity index is 703. The second-order valence-electron chi connectivity index (χ2n) is 4.41. The molecule has 2 rings (SSSR count). The van der Waals surface area contributed by atoms with Crippen LogP contribution in [0.4, 0.5) is 4.39 Å². The summed E-state index contributed by atoms with van der Waals surface area (Å²) in [6.07, 6.45) is 0. The molecule has 0 aliphatic heterocycles. The molecular weight excluding hydrogens is 271 g/mol. The number of rotatable bonds is 4. The van der Waals surface area contributed by atoms with Gasteiger partial charge in [-0.15, -0.1) is 0 Å². The fourth-order valence-electron chi connectivity index (χ4n) is 1.80. The van der Waals surface area contributed by atoms with Crippen molar-refractivity contribution in [2.24, 2.45) is 5.16 Å². The van der Waals surface area contributed by atoms with Gasteiger partial charge in [-0.25, -0.2) is 4.39 Å². The van der Waals surface area contributed by atoms with E-state index in [4.69, 9.17) is 15.2 Å². The van der Waals surface area contributed by atoms with Crippen LogP contribution in [0.2, 0.25) is 0 Å². The van der Waals surface area contributed by atoms with E-state index in [9.17, 15) is 4.39 Å². The van der Waals surface area contributed by atoms with Gasteiger partial charge in [0, 0.05) is 5.56 Å². The molecule has 2 aromatic carbocycles. The Labute approximate surface area is 121 Å². The number of nitrogens with zero attached hydrogens (tertiary/aromatic N) is 2. The van der Waals surface area contributed by atoms with Crippen molar-refractivity contribution in [1.82, 2.24) is 0 Å². The maximum atomic E-state index is 13.2. The van der Waals surface area contributed by atoms with E-state index in [0.29, 0.717) is 22.6 Å². The molecule has 0 unspecified atom stereocenters. The van der Waals surface area contributed by atoms with Crippen molar-refractivity contribution in [3.63, 3.8) is 0 Å². The van der Waals surface area contributed by atoms with E-state index in [1.54, 1.807) is 31.2 Å². The summed E-state index contributed by atoms with van der Waals surface area (Å²) >= 11 is 0. The summed E-state index contributed by atoms with van der Waals surface area (Å²) in [5.41, 5.74) is 2.15. The molecule has 0 amide bonds. The van der Waals surface area contributed by atoms with Crippen LogP contribution in [0.15, 0.2) is 47.6 Å². The summed E-state index contributed by atoms with van der Waals surface area (Å²) in [5.74, 6) is 0.176. The lowest BCUT2D eigenvalue weighted by molar-refractivity contribution is 0.305. The van der Waals surface area contributed by atoms with Crippen LogP contribution in [0.25, 0.3) is 0 Å². The van der Waals surface area contributed by atoms with Gasteiger partial charge in [-0.2, -0.15) is 5.26 Å². The summed E-state index contributed by atoms with van der Waals surface area (Å²) in [6, 6.07) is 12.9. The quantitative estimate of drug-likeness (QED) is 0.531. The molecule has 0 saturated carbocycles. The minimum atomic E-state index is -0.405. The number of hydrogen-bond donors (Lipinski definition) is 1. The molecule has 1 N–H and O–H groups in total. The first-order chi connectivity index (χ1) is 10.1. The van der Waals surface area contributed by atoms with Gasteiger partial charge < -0.3 is 9.94 Å². The van der Waals surface area contributed by atoms with Gasteiger partial charge in [-0.05, 0) is 55.0 Å². The Balaban J connectivity index is 2.10. The Morgan fingerprint density at radius 1 is 1.29 bits per heavy atom. The van der Waals surface area contributed by atoms with E-state index in [1.165, 1.54) is 18.2 Å². The van der Waals surface area contributed by atoms with Crippen LogP contribution in [0, 0.1) is 17.1 Å². The van der Waals surface area contributed by atoms with Gasteiger partial charge >= 0.3 is 0 Å². The summed E-state index contributed by atoms with van der Waals surface area (Å²) in [6.45, 7) is 1.79. The highest BCUT2D eigenvalue weighted by molar-refractivity contribution is 5.98. The molecule has 4 nitrogen and oxygen atoms in total. The third-order valence-electron chi connectivity index (χ3n) is 3.00. The van der Waals surface area contributed by atoms with Gasteiger partial charge in [0.05, 0.1) is 17.3 Å². The molecule has 0 aromatic heterocycles. The monoisotopic (exact) mass is 284 g/mol. The molecule has 0 atom stereocenters. The van der Waals surface area contributed by atoms with Crippen molar-refractivity contribution in [3.05, 3.63) is 65.0 Å². The third-order valence-corrected chi connectivity index (χ3v) is 3.00. The van der Waals surface area contributed by atoms with Crippen LogP contribution in [-0.2, 0) is 6.61 Å². The van der Waals surface area contributed by atoms with Crippen LogP contribution >= 0.6 is 0 Å². The zero-order chi connectivity index (χ0) is 15.2. The van der Waals surface area contributed by atoms with Crippen molar-refractivity contribution < 1.29 is 14.3 Å². The molecule has 2 aromatic rings. The maximum absolute atomic E-state index is 13.2. The van der Waals surface area contributed by atoms with Crippen LogP contribution in [0.5, 0.6) is 5.75 Å². The fraction of sp³-hybridized carbons (Fsp3) is 0.125. The smallest absolute Gasteiger partial charge is 0.123 e. The zero-order valence-electron chi connectivity index (χ0n) is 11.4. The molecular formula is C16H13FN2O2. The van der Waals surface area contributed by atoms with Gasteiger partial charge in [-0.1, -0.05) is 5.16 Å². The molecule has 0 spiro atoms. The number of oxime groups is 1. The van der Waals surface area contributed by atoms with Crippen molar-refractivity contribution in [2.45, 2.75) is 13.5 Å². The Morgan fingerprint density at radius 3 is 2.62 bits per heavy atom. The first-order valence-corrected chi connectivity index (χ1v) is 6.24. The number of nitriles is 1. The van der Waals surface area contributed by atoms with E-state index >= 15 is 0 Å². The van der Waals surface area contributed by atoms with E-state index in [2.05, 4.69) is 5.16 Å². The molecule has 0 aliphatic rings. The van der Waals surface area contributed by atoms with Crippen LogP contribution in [0.1, 0.15) is 23.6 Å². The summed E-state index contributed by atoms with van der Waals surface area (Å²) < 4.78 is 18.7. The Kier molecular flexibility index (Phi) is 4.52. The average molecular weight is 284 g/mol. The van der Waals surface area contributed by atoms with Gasteiger partial charge in [0.1, 0.15) is 18.2 Å². The first kappa shape index (κ1) is 14.5. The highest BCUT2D eigenvalue weighted by atomic mass is 19.1. The maximum Gasteiger partial charge on any atom is 0.123 e. The minimum Gasteiger partial charge on any atom is -0.489 e. The lowest BCUT2D eigenvalue weighted by Gasteiger charge is -2.08. The van der Waals surface area contributed by atoms with Crippen molar-refractivity contribution >= 4 is 5.71 Å². The number of halogens is 1. The standard InChI is InChI=1S/C16H13FN2O2/c1-11(19-20)12-3-6-16(7-4-12)21-10-14-8-15(17)5-2-13(14)9-18/h2-8,20H,10H2,1H3/b19-11-. The van der Waals surface area contributed by atoms with Crippen molar-refractivity contribution in [1.29, 1.82) is 5.26 Å². The summed E-state index contributed by atoms with van der Waals surface area (Å²) in [5, 5.41) is 20.8. The van der Waals surface area contributed by atoms with Gasteiger partial charge in [-0.3, -0.25) is 0 Å². The highest BCUT2D eigenvalue weighted by Crippen LogP contribution is 2.17. The van der Waals surface area contributed by atoms with Gasteiger partial charge in [0.15, 0.2) is 0 Å². The SMILES string of the molecule is C/C(=N/O)c1ccc(OCc2cc(F)ccc2C#N)cc1. The van der Waals surface area contributed by atoms with E-state index in [1.807, 2.05) is 6.07 Å². The molecule has 106 valence electrons. The van der Waals surface area contributed by atoms with Crippen molar-refractivity contribution in [3.8, 4) is 11.8 Å². The molecule has 0 saturated heterocycles. The van der Waals surface area contributed by atoms with Crippen LogP contribution < -0.4 is 4.74 Å².